The zero-order valence-corrected chi connectivity index (χ0v) is 15.6. The van der Waals surface area contributed by atoms with Gasteiger partial charge >= 0.3 is 5.97 Å². The zero-order chi connectivity index (χ0) is 17.2. The van der Waals surface area contributed by atoms with E-state index < -0.39 is 30.3 Å². The van der Waals surface area contributed by atoms with E-state index in [0.29, 0.717) is 0 Å². The molecule has 4 atom stereocenters. The molecule has 0 radical (unpaired) electrons. The van der Waals surface area contributed by atoms with Crippen LogP contribution < -0.4 is 0 Å². The summed E-state index contributed by atoms with van der Waals surface area (Å²) in [6.07, 6.45) is 4.08. The molecule has 3 aliphatic rings. The van der Waals surface area contributed by atoms with E-state index in [4.69, 9.17) is 4.74 Å². The van der Waals surface area contributed by atoms with Gasteiger partial charge in [-0.1, -0.05) is 12.8 Å². The predicted molar refractivity (Wildman–Crippen MR) is 87.0 cm³/mol. The Labute approximate surface area is 138 Å². The number of carbonyl (C=O) groups excluding carboxylic acids is 1. The van der Waals surface area contributed by atoms with Crippen molar-refractivity contribution >= 4 is 13.4 Å². The molecule has 3 fully saturated rings. The van der Waals surface area contributed by atoms with Gasteiger partial charge in [0.15, 0.2) is 0 Å². The van der Waals surface area contributed by atoms with E-state index in [0.717, 1.165) is 25.7 Å². The second kappa shape index (κ2) is 5.27. The zero-order valence-electron chi connectivity index (χ0n) is 14.7. The van der Waals surface area contributed by atoms with Crippen molar-refractivity contribution in [3.63, 3.8) is 0 Å². The lowest BCUT2D eigenvalue weighted by molar-refractivity contribution is -0.157. The van der Waals surface area contributed by atoms with Crippen LogP contribution in [0, 0.1) is 5.92 Å². The van der Waals surface area contributed by atoms with Crippen LogP contribution in [-0.2, 0) is 14.1 Å². The quantitative estimate of drug-likeness (QED) is 0.567. The Morgan fingerprint density at radius 2 is 1.65 bits per heavy atom. The van der Waals surface area contributed by atoms with Gasteiger partial charge in [0.25, 0.3) is 7.44 Å². The first-order chi connectivity index (χ1) is 10.5. The average molecular weight is 346 g/mol. The fourth-order valence-electron chi connectivity index (χ4n) is 4.30. The van der Waals surface area contributed by atoms with Gasteiger partial charge in [-0.25, -0.2) is 13.7 Å². The summed E-state index contributed by atoms with van der Waals surface area (Å²) in [5.41, 5.74) is -0.656. The molecule has 0 bridgehead atoms. The van der Waals surface area contributed by atoms with Crippen LogP contribution in [0.4, 0.5) is 4.39 Å². The summed E-state index contributed by atoms with van der Waals surface area (Å²) in [5.74, 6) is -1.47. The summed E-state index contributed by atoms with van der Waals surface area (Å²) >= 11 is 0. The van der Waals surface area contributed by atoms with Crippen LogP contribution in [0.2, 0.25) is 0 Å². The highest BCUT2D eigenvalue weighted by atomic mass is 31.2. The Morgan fingerprint density at radius 1 is 1.17 bits per heavy atom. The maximum absolute atomic E-state index is 15.6. The molecule has 0 unspecified atom stereocenters. The van der Waals surface area contributed by atoms with Crippen molar-refractivity contribution in [2.75, 3.05) is 14.1 Å². The maximum atomic E-state index is 15.6. The number of nitrogens with zero attached hydrogens (tertiary/aromatic N) is 2. The first-order valence-corrected chi connectivity index (χ1v) is 10.1. The van der Waals surface area contributed by atoms with Crippen LogP contribution in [-0.4, -0.2) is 52.5 Å². The molecule has 3 rings (SSSR count). The molecule has 0 aromatic rings. The normalized spacial score (nSPS) is 40.7. The Balaban J connectivity index is 1.83. The Hall–Kier alpha value is -0.450. The lowest BCUT2D eigenvalue weighted by Crippen LogP contribution is -2.37. The van der Waals surface area contributed by atoms with Crippen LogP contribution in [0.1, 0.15) is 52.9 Å². The molecule has 132 valence electrons. The SMILES string of the molecule is CN1[C@H]2CCCC[C@@H]2N(C)P1(=O)[C@@]1(F)C[C@H]1C(=O)OC(C)(C)C. The number of carbonyl (C=O) groups is 1. The van der Waals surface area contributed by atoms with E-state index in [2.05, 4.69) is 0 Å². The van der Waals surface area contributed by atoms with Crippen LogP contribution in [0.15, 0.2) is 0 Å². The Kier molecular flexibility index (Phi) is 3.98. The number of halogens is 1. The summed E-state index contributed by atoms with van der Waals surface area (Å²) in [7, 11) is 0.119. The van der Waals surface area contributed by atoms with Gasteiger partial charge in [-0.2, -0.15) is 0 Å². The van der Waals surface area contributed by atoms with Gasteiger partial charge in [0.2, 0.25) is 5.41 Å². The number of fused-ring (bicyclic) bond motifs is 1. The van der Waals surface area contributed by atoms with Gasteiger partial charge in [-0.15, -0.1) is 0 Å². The molecule has 7 heteroatoms. The van der Waals surface area contributed by atoms with Crippen molar-refractivity contribution < 1.29 is 18.5 Å². The number of rotatable bonds is 2. The minimum Gasteiger partial charge on any atom is -0.460 e. The van der Waals surface area contributed by atoms with Crippen LogP contribution in [0.5, 0.6) is 0 Å². The Bertz CT molecular complexity index is 542. The highest BCUT2D eigenvalue weighted by Gasteiger charge is 2.77. The molecule has 2 saturated carbocycles. The molecule has 0 spiro atoms. The van der Waals surface area contributed by atoms with Gasteiger partial charge in [-0.05, 0) is 47.7 Å². The summed E-state index contributed by atoms with van der Waals surface area (Å²) < 4.78 is 38.1. The van der Waals surface area contributed by atoms with Crippen LogP contribution in [0.3, 0.4) is 0 Å². The van der Waals surface area contributed by atoms with Gasteiger partial charge in [0.05, 0.1) is 0 Å². The second-order valence-electron chi connectivity index (χ2n) is 8.22. The number of hydrogen-bond acceptors (Lipinski definition) is 3. The summed E-state index contributed by atoms with van der Waals surface area (Å²) in [5, 5.41) is -1.96. The highest BCUT2D eigenvalue weighted by Crippen LogP contribution is 2.80. The van der Waals surface area contributed by atoms with Crippen LogP contribution in [0.25, 0.3) is 0 Å². The van der Waals surface area contributed by atoms with E-state index in [1.807, 2.05) is 0 Å². The highest BCUT2D eigenvalue weighted by molar-refractivity contribution is 7.61. The predicted octanol–water partition coefficient (Wildman–Crippen LogP) is 3.40. The Morgan fingerprint density at radius 3 is 2.09 bits per heavy atom. The van der Waals surface area contributed by atoms with Crippen molar-refractivity contribution in [3.05, 3.63) is 0 Å². The fraction of sp³-hybridized carbons (Fsp3) is 0.938. The van der Waals surface area contributed by atoms with E-state index in [1.165, 1.54) is 0 Å². The molecule has 1 saturated heterocycles. The first-order valence-electron chi connectivity index (χ1n) is 8.51. The third kappa shape index (κ3) is 2.49. The van der Waals surface area contributed by atoms with E-state index in [1.54, 1.807) is 44.2 Å². The van der Waals surface area contributed by atoms with E-state index in [-0.39, 0.29) is 18.5 Å². The van der Waals surface area contributed by atoms with Crippen molar-refractivity contribution in [2.24, 2.45) is 5.92 Å². The van der Waals surface area contributed by atoms with Crippen LogP contribution >= 0.6 is 7.44 Å². The average Bonchev–Trinajstić information content (AvgIpc) is 3.12. The van der Waals surface area contributed by atoms with Gasteiger partial charge in [0, 0.05) is 18.5 Å². The summed E-state index contributed by atoms with van der Waals surface area (Å²) in [4.78, 5) is 12.2. The van der Waals surface area contributed by atoms with E-state index in [9.17, 15) is 9.36 Å². The minimum atomic E-state index is -3.41. The third-order valence-corrected chi connectivity index (χ3v) is 9.32. The van der Waals surface area contributed by atoms with Crippen molar-refractivity contribution in [2.45, 2.75) is 76.0 Å². The van der Waals surface area contributed by atoms with Gasteiger partial charge in [0.1, 0.15) is 11.5 Å². The van der Waals surface area contributed by atoms with Gasteiger partial charge in [-0.3, -0.25) is 9.36 Å². The molecule has 0 amide bonds. The third-order valence-electron chi connectivity index (χ3n) is 5.55. The molecule has 23 heavy (non-hydrogen) atoms. The standard InChI is InChI=1S/C16H28FN2O3P/c1-15(2,3)22-14(20)11-10-16(11,17)23(21)18(4)12-8-6-7-9-13(12)19(23)5/h11-13H,6-10H2,1-5H3/t11-,12-,13-,16-/m0/s1. The molecule has 0 aromatic heterocycles. The minimum absolute atomic E-state index is 0.00725. The fourth-order valence-corrected chi connectivity index (χ4v) is 8.07. The maximum Gasteiger partial charge on any atom is 0.313 e. The molecule has 1 aliphatic heterocycles. The van der Waals surface area contributed by atoms with E-state index >= 15 is 4.39 Å². The molecular weight excluding hydrogens is 318 g/mol. The monoisotopic (exact) mass is 346 g/mol. The van der Waals surface area contributed by atoms with Crippen molar-refractivity contribution in [1.82, 2.24) is 9.34 Å². The number of likely N-dealkylation sites (N-methyl/N-ethyl adjacent to an activating group) is 2. The van der Waals surface area contributed by atoms with Gasteiger partial charge < -0.3 is 4.74 Å². The molecular formula is C16H28FN2O3P. The van der Waals surface area contributed by atoms with Crippen molar-refractivity contribution in [1.29, 1.82) is 0 Å². The molecule has 1 heterocycles. The number of hydrogen-bond donors (Lipinski definition) is 0. The van der Waals surface area contributed by atoms with Crippen molar-refractivity contribution in [3.8, 4) is 0 Å². The summed E-state index contributed by atoms with van der Waals surface area (Å²) in [6, 6.07) is 0.263. The molecule has 2 aliphatic carbocycles. The summed E-state index contributed by atoms with van der Waals surface area (Å²) in [6.45, 7) is 5.28. The lowest BCUT2D eigenvalue weighted by atomic mass is 9.91. The lowest BCUT2D eigenvalue weighted by Gasteiger charge is -2.31. The number of alkyl halides is 1. The largest absolute Gasteiger partial charge is 0.460 e. The number of esters is 1. The molecule has 0 aromatic carbocycles. The topological polar surface area (TPSA) is 49.9 Å². The molecule has 0 N–H and O–H groups in total. The smallest absolute Gasteiger partial charge is 0.313 e. The molecule has 5 nitrogen and oxygen atoms in total. The first kappa shape index (κ1) is 17.4. The number of ether oxygens (including phenoxy) is 1. The second-order valence-corrected chi connectivity index (χ2v) is 11.3.